The van der Waals surface area contributed by atoms with Gasteiger partial charge in [-0.3, -0.25) is 10.0 Å². The van der Waals surface area contributed by atoms with Gasteiger partial charge in [-0.15, -0.1) is 0 Å². The number of carbonyl (C=O) groups is 1. The molecule has 0 unspecified atom stereocenters. The molecule has 12 heavy (non-hydrogen) atoms. The molecule has 0 aliphatic carbocycles. The maximum atomic E-state index is 10.7. The number of halogens is 1. The van der Waals surface area contributed by atoms with Gasteiger partial charge < -0.3 is 0 Å². The van der Waals surface area contributed by atoms with Crippen molar-refractivity contribution in [3.05, 3.63) is 33.4 Å². The molecule has 1 amide bonds. The number of rotatable bonds is 2. The Hall–Kier alpha value is -0.620. The zero-order chi connectivity index (χ0) is 8.97. The maximum Gasteiger partial charge on any atom is 0.247 e. The van der Waals surface area contributed by atoms with E-state index in [-0.39, 0.29) is 6.42 Å². The van der Waals surface area contributed by atoms with Crippen molar-refractivity contribution in [3.63, 3.8) is 0 Å². The van der Waals surface area contributed by atoms with Gasteiger partial charge in [0.1, 0.15) is 0 Å². The molecule has 0 heterocycles. The Kier molecular flexibility index (Phi) is 3.48. The number of benzene rings is 1. The Labute approximate surface area is 83.9 Å². The fourth-order valence-electron chi connectivity index (χ4n) is 0.827. The van der Waals surface area contributed by atoms with Crippen molar-refractivity contribution in [3.8, 4) is 0 Å². The molecule has 0 radical (unpaired) electrons. The largest absolute Gasteiger partial charge is 0.289 e. The van der Waals surface area contributed by atoms with Crippen LogP contribution < -0.4 is 5.48 Å². The molecule has 0 bridgehead atoms. The first-order chi connectivity index (χ1) is 5.72. The van der Waals surface area contributed by atoms with E-state index in [4.69, 9.17) is 5.21 Å². The van der Waals surface area contributed by atoms with Crippen molar-refractivity contribution in [2.45, 2.75) is 6.42 Å². The molecule has 0 aliphatic heterocycles. The molecule has 64 valence electrons. The quantitative estimate of drug-likeness (QED) is 0.487. The SMILES string of the molecule is O=C(Cc1ccc(I)cc1)NO. The van der Waals surface area contributed by atoms with Crippen molar-refractivity contribution < 1.29 is 10.0 Å². The van der Waals surface area contributed by atoms with Crippen LogP contribution in [-0.4, -0.2) is 11.1 Å². The lowest BCUT2D eigenvalue weighted by atomic mass is 10.1. The molecule has 0 saturated carbocycles. The van der Waals surface area contributed by atoms with Crippen molar-refractivity contribution >= 4 is 28.5 Å². The second kappa shape index (κ2) is 4.42. The summed E-state index contributed by atoms with van der Waals surface area (Å²) < 4.78 is 1.13. The summed E-state index contributed by atoms with van der Waals surface area (Å²) in [5.41, 5.74) is 2.48. The number of nitrogens with one attached hydrogen (secondary N) is 1. The van der Waals surface area contributed by atoms with E-state index in [0.717, 1.165) is 9.13 Å². The molecular formula is C8H8INO2. The molecule has 4 heteroatoms. The Morgan fingerprint density at radius 1 is 1.42 bits per heavy atom. The van der Waals surface area contributed by atoms with Crippen LogP contribution in [0.25, 0.3) is 0 Å². The lowest BCUT2D eigenvalue weighted by molar-refractivity contribution is -0.128. The van der Waals surface area contributed by atoms with Gasteiger partial charge in [-0.05, 0) is 40.3 Å². The highest BCUT2D eigenvalue weighted by atomic mass is 127. The average molecular weight is 277 g/mol. The van der Waals surface area contributed by atoms with Gasteiger partial charge in [0.2, 0.25) is 5.91 Å². The summed E-state index contributed by atoms with van der Waals surface area (Å²) in [6, 6.07) is 7.55. The van der Waals surface area contributed by atoms with Gasteiger partial charge in [-0.1, -0.05) is 12.1 Å². The van der Waals surface area contributed by atoms with Gasteiger partial charge >= 0.3 is 0 Å². The van der Waals surface area contributed by atoms with Crippen LogP contribution in [0, 0.1) is 3.57 Å². The monoisotopic (exact) mass is 277 g/mol. The first kappa shape index (κ1) is 9.47. The molecule has 0 aromatic heterocycles. The molecule has 3 nitrogen and oxygen atoms in total. The third kappa shape index (κ3) is 2.78. The number of hydroxylamine groups is 1. The van der Waals surface area contributed by atoms with Gasteiger partial charge in [-0.2, -0.15) is 0 Å². The van der Waals surface area contributed by atoms with E-state index in [0.29, 0.717) is 0 Å². The Bertz CT molecular complexity index is 271. The summed E-state index contributed by atoms with van der Waals surface area (Å²) in [6.07, 6.45) is 0.216. The van der Waals surface area contributed by atoms with E-state index in [9.17, 15) is 4.79 Å². The summed E-state index contributed by atoms with van der Waals surface area (Å²) in [5, 5.41) is 8.25. The molecular weight excluding hydrogens is 269 g/mol. The van der Waals surface area contributed by atoms with Crippen molar-refractivity contribution in [1.29, 1.82) is 0 Å². The van der Waals surface area contributed by atoms with Crippen LogP contribution >= 0.6 is 22.6 Å². The molecule has 0 saturated heterocycles. The first-order valence-corrected chi connectivity index (χ1v) is 4.47. The molecule has 0 aliphatic rings. The Balaban J connectivity index is 2.64. The zero-order valence-corrected chi connectivity index (χ0v) is 8.41. The van der Waals surface area contributed by atoms with E-state index in [1.54, 1.807) is 5.48 Å². The first-order valence-electron chi connectivity index (χ1n) is 3.40. The van der Waals surface area contributed by atoms with Gasteiger partial charge in [0.25, 0.3) is 0 Å². The van der Waals surface area contributed by atoms with E-state index in [2.05, 4.69) is 22.6 Å². The minimum atomic E-state index is -0.392. The summed E-state index contributed by atoms with van der Waals surface area (Å²) in [6.45, 7) is 0. The highest BCUT2D eigenvalue weighted by molar-refractivity contribution is 14.1. The van der Waals surface area contributed by atoms with Crippen LogP contribution in [0.3, 0.4) is 0 Å². The maximum absolute atomic E-state index is 10.7. The fourth-order valence-corrected chi connectivity index (χ4v) is 1.19. The number of hydrogen-bond acceptors (Lipinski definition) is 2. The molecule has 0 atom stereocenters. The number of hydrogen-bond donors (Lipinski definition) is 2. The third-order valence-electron chi connectivity index (χ3n) is 1.40. The Morgan fingerprint density at radius 3 is 2.50 bits per heavy atom. The van der Waals surface area contributed by atoms with Crippen LogP contribution in [0.1, 0.15) is 5.56 Å². The Morgan fingerprint density at radius 2 is 2.00 bits per heavy atom. The minimum absolute atomic E-state index is 0.216. The summed E-state index contributed by atoms with van der Waals surface area (Å²) in [4.78, 5) is 10.7. The molecule has 0 fully saturated rings. The minimum Gasteiger partial charge on any atom is -0.289 e. The van der Waals surface area contributed by atoms with E-state index < -0.39 is 5.91 Å². The molecule has 0 spiro atoms. The topological polar surface area (TPSA) is 49.3 Å². The standard InChI is InChI=1S/C8H8INO2/c9-7-3-1-6(2-4-7)5-8(11)10-12/h1-4,12H,5H2,(H,10,11). The van der Waals surface area contributed by atoms with Crippen LogP contribution in [0.15, 0.2) is 24.3 Å². The summed E-state index contributed by atoms with van der Waals surface area (Å²) in [7, 11) is 0. The van der Waals surface area contributed by atoms with Crippen LogP contribution in [-0.2, 0) is 11.2 Å². The van der Waals surface area contributed by atoms with Crippen LogP contribution in [0.5, 0.6) is 0 Å². The number of carbonyl (C=O) groups excluding carboxylic acids is 1. The summed E-state index contributed by atoms with van der Waals surface area (Å²) >= 11 is 2.19. The van der Waals surface area contributed by atoms with Crippen LogP contribution in [0.2, 0.25) is 0 Å². The molecule has 1 aromatic carbocycles. The molecule has 1 aromatic rings. The van der Waals surface area contributed by atoms with Crippen LogP contribution in [0.4, 0.5) is 0 Å². The second-order valence-electron chi connectivity index (χ2n) is 2.34. The molecule has 1 rings (SSSR count). The fraction of sp³-hybridized carbons (Fsp3) is 0.125. The normalized spacial score (nSPS) is 9.50. The van der Waals surface area contributed by atoms with Gasteiger partial charge in [0.15, 0.2) is 0 Å². The predicted octanol–water partition coefficient (Wildman–Crippen LogP) is 1.34. The lowest BCUT2D eigenvalue weighted by Gasteiger charge is -1.98. The predicted molar refractivity (Wildman–Crippen MR) is 52.8 cm³/mol. The van der Waals surface area contributed by atoms with E-state index in [1.165, 1.54) is 0 Å². The van der Waals surface area contributed by atoms with Crippen molar-refractivity contribution in [2.75, 3.05) is 0 Å². The highest BCUT2D eigenvalue weighted by Gasteiger charge is 2.00. The van der Waals surface area contributed by atoms with E-state index >= 15 is 0 Å². The highest BCUT2D eigenvalue weighted by Crippen LogP contribution is 2.06. The smallest absolute Gasteiger partial charge is 0.247 e. The van der Waals surface area contributed by atoms with Crippen molar-refractivity contribution in [2.24, 2.45) is 0 Å². The van der Waals surface area contributed by atoms with Crippen molar-refractivity contribution in [1.82, 2.24) is 5.48 Å². The third-order valence-corrected chi connectivity index (χ3v) is 2.12. The second-order valence-corrected chi connectivity index (χ2v) is 3.58. The molecule has 2 N–H and O–H groups in total. The average Bonchev–Trinajstić information content (AvgIpc) is 2.09. The van der Waals surface area contributed by atoms with Gasteiger partial charge in [0.05, 0.1) is 6.42 Å². The lowest BCUT2D eigenvalue weighted by Crippen LogP contribution is -2.20. The van der Waals surface area contributed by atoms with E-state index in [1.807, 2.05) is 24.3 Å². The zero-order valence-electron chi connectivity index (χ0n) is 6.25. The van der Waals surface area contributed by atoms with Gasteiger partial charge in [-0.25, -0.2) is 5.48 Å². The number of amides is 1. The summed E-state index contributed by atoms with van der Waals surface area (Å²) in [5.74, 6) is -0.392. The van der Waals surface area contributed by atoms with Gasteiger partial charge in [0, 0.05) is 3.57 Å².